The van der Waals surface area contributed by atoms with Crippen molar-refractivity contribution in [2.45, 2.75) is 31.8 Å². The van der Waals surface area contributed by atoms with Crippen LogP contribution in [-0.2, 0) is 14.3 Å². The fourth-order valence-corrected chi connectivity index (χ4v) is 2.00. The number of hydrogen-bond donors (Lipinski definition) is 3. The number of hydrogen-bond acceptors (Lipinski definition) is 4. The smallest absolute Gasteiger partial charge is 0.227 e. The molecule has 6 nitrogen and oxygen atoms in total. The van der Waals surface area contributed by atoms with Crippen LogP contribution >= 0.6 is 0 Å². The highest BCUT2D eigenvalue weighted by molar-refractivity contribution is 5.82. The topological polar surface area (TPSA) is 93.4 Å². The molecule has 0 aliphatic carbocycles. The van der Waals surface area contributed by atoms with Gasteiger partial charge in [0.1, 0.15) is 0 Å². The summed E-state index contributed by atoms with van der Waals surface area (Å²) in [6.45, 7) is 4.49. The molecule has 2 unspecified atom stereocenters. The summed E-state index contributed by atoms with van der Waals surface area (Å²) in [6.07, 6.45) is 0.122. The van der Waals surface area contributed by atoms with E-state index in [2.05, 4.69) is 10.6 Å². The van der Waals surface area contributed by atoms with Gasteiger partial charge in [-0.1, -0.05) is 0 Å². The minimum absolute atomic E-state index is 0.0272. The molecule has 0 aromatic carbocycles. The molecule has 2 amide bonds. The quantitative estimate of drug-likeness (QED) is 0.577. The molecule has 0 spiro atoms. The fourth-order valence-electron chi connectivity index (χ4n) is 2.00. The number of nitrogens with two attached hydrogens (primary N) is 1. The lowest BCUT2D eigenvalue weighted by Gasteiger charge is -2.27. The van der Waals surface area contributed by atoms with Crippen molar-refractivity contribution in [2.24, 2.45) is 11.7 Å². The third-order valence-corrected chi connectivity index (χ3v) is 2.87. The van der Waals surface area contributed by atoms with Gasteiger partial charge in [0.15, 0.2) is 0 Å². The first-order valence-electron chi connectivity index (χ1n) is 5.71. The van der Waals surface area contributed by atoms with E-state index in [1.54, 1.807) is 20.9 Å². The fraction of sp³-hybridized carbons (Fsp3) is 0.818. The number of carbonyl (C=O) groups excluding carboxylic acids is 2. The van der Waals surface area contributed by atoms with Crippen molar-refractivity contribution >= 4 is 11.8 Å². The number of rotatable bonds is 5. The molecule has 0 aromatic rings. The molecule has 2 atom stereocenters. The third kappa shape index (κ3) is 3.98. The van der Waals surface area contributed by atoms with E-state index in [9.17, 15) is 9.59 Å². The number of carbonyl (C=O) groups is 2. The maximum absolute atomic E-state index is 12.0. The van der Waals surface area contributed by atoms with Crippen LogP contribution in [-0.4, -0.2) is 43.7 Å². The largest absolute Gasteiger partial charge is 0.379 e. The van der Waals surface area contributed by atoms with Crippen molar-refractivity contribution in [3.05, 3.63) is 0 Å². The van der Waals surface area contributed by atoms with Crippen molar-refractivity contribution in [2.75, 3.05) is 20.3 Å². The Bertz CT molecular complexity index is 304. The van der Waals surface area contributed by atoms with Gasteiger partial charge in [-0.3, -0.25) is 9.59 Å². The second-order valence-corrected chi connectivity index (χ2v) is 5.06. The lowest BCUT2D eigenvalue weighted by atomic mass is 9.96. The van der Waals surface area contributed by atoms with Gasteiger partial charge in [0, 0.05) is 18.0 Å². The average Bonchev–Trinajstić information content (AvgIpc) is 2.61. The molecule has 1 saturated heterocycles. The van der Waals surface area contributed by atoms with Gasteiger partial charge in [0.2, 0.25) is 11.8 Å². The van der Waals surface area contributed by atoms with Gasteiger partial charge >= 0.3 is 0 Å². The molecule has 0 aromatic heterocycles. The molecule has 4 N–H and O–H groups in total. The Morgan fingerprint density at radius 3 is 2.59 bits per heavy atom. The molecule has 0 saturated carbocycles. The zero-order valence-electron chi connectivity index (χ0n) is 10.6. The zero-order chi connectivity index (χ0) is 13.1. The summed E-state index contributed by atoms with van der Waals surface area (Å²) in [4.78, 5) is 22.9. The van der Waals surface area contributed by atoms with Crippen molar-refractivity contribution in [3.63, 3.8) is 0 Å². The Morgan fingerprint density at radius 1 is 1.41 bits per heavy atom. The van der Waals surface area contributed by atoms with Crippen LogP contribution in [0.2, 0.25) is 0 Å². The Morgan fingerprint density at radius 2 is 2.06 bits per heavy atom. The summed E-state index contributed by atoms with van der Waals surface area (Å²) in [5, 5.41) is 5.88. The van der Waals surface area contributed by atoms with Gasteiger partial charge in [0.05, 0.1) is 19.1 Å². The van der Waals surface area contributed by atoms with Crippen LogP contribution < -0.4 is 16.4 Å². The lowest BCUT2D eigenvalue weighted by Crippen LogP contribution is -2.51. The predicted octanol–water partition coefficient (Wildman–Crippen LogP) is -1.01. The standard InChI is InChI=1S/C11H21N3O3/c1-11(2,4-9(12)15)14-10(16)7-5-17-6-8(7)13-3/h7-8,13H,4-6H2,1-3H3,(H2,12,15)(H,14,16). The van der Waals surface area contributed by atoms with E-state index in [-0.39, 0.29) is 24.3 Å². The minimum Gasteiger partial charge on any atom is -0.379 e. The van der Waals surface area contributed by atoms with E-state index < -0.39 is 11.4 Å². The van der Waals surface area contributed by atoms with Gasteiger partial charge in [-0.25, -0.2) is 0 Å². The Hall–Kier alpha value is -1.14. The third-order valence-electron chi connectivity index (χ3n) is 2.87. The van der Waals surface area contributed by atoms with E-state index in [0.717, 1.165) is 0 Å². The van der Waals surface area contributed by atoms with Crippen molar-refractivity contribution in [3.8, 4) is 0 Å². The number of nitrogens with one attached hydrogen (secondary N) is 2. The van der Waals surface area contributed by atoms with E-state index in [0.29, 0.717) is 13.2 Å². The van der Waals surface area contributed by atoms with Gasteiger partial charge in [-0.2, -0.15) is 0 Å². The van der Waals surface area contributed by atoms with Crippen molar-refractivity contribution in [1.82, 2.24) is 10.6 Å². The van der Waals surface area contributed by atoms with Crippen LogP contribution in [0.1, 0.15) is 20.3 Å². The highest BCUT2D eigenvalue weighted by atomic mass is 16.5. The second kappa shape index (κ2) is 5.46. The Labute approximate surface area is 101 Å². The van der Waals surface area contributed by atoms with Crippen LogP contribution in [0.4, 0.5) is 0 Å². The first-order chi connectivity index (χ1) is 7.85. The molecule has 1 fully saturated rings. The minimum atomic E-state index is -0.621. The van der Waals surface area contributed by atoms with Gasteiger partial charge in [0.25, 0.3) is 0 Å². The summed E-state index contributed by atoms with van der Waals surface area (Å²) in [5.74, 6) is -0.747. The first kappa shape index (κ1) is 13.9. The highest BCUT2D eigenvalue weighted by Crippen LogP contribution is 2.16. The van der Waals surface area contributed by atoms with E-state index >= 15 is 0 Å². The monoisotopic (exact) mass is 243 g/mol. The van der Waals surface area contributed by atoms with E-state index in [4.69, 9.17) is 10.5 Å². The van der Waals surface area contributed by atoms with Crippen LogP contribution in [0.3, 0.4) is 0 Å². The molecule has 0 radical (unpaired) electrons. The van der Waals surface area contributed by atoms with Crippen molar-refractivity contribution < 1.29 is 14.3 Å². The molecule has 1 aliphatic rings. The molecule has 1 aliphatic heterocycles. The van der Waals surface area contributed by atoms with Crippen molar-refractivity contribution in [1.29, 1.82) is 0 Å². The normalized spacial score (nSPS) is 24.6. The zero-order valence-corrected chi connectivity index (χ0v) is 10.6. The summed E-state index contributed by atoms with van der Waals surface area (Å²) in [6, 6.07) is 0.0272. The maximum Gasteiger partial charge on any atom is 0.227 e. The van der Waals surface area contributed by atoms with Crippen LogP contribution in [0.25, 0.3) is 0 Å². The van der Waals surface area contributed by atoms with Gasteiger partial charge in [-0.05, 0) is 20.9 Å². The maximum atomic E-state index is 12.0. The molecule has 1 heterocycles. The highest BCUT2D eigenvalue weighted by Gasteiger charge is 2.35. The number of primary amides is 1. The molecular formula is C11H21N3O3. The summed E-state index contributed by atoms with van der Waals surface area (Å²) < 4.78 is 5.26. The molecule has 6 heteroatoms. The van der Waals surface area contributed by atoms with Gasteiger partial charge < -0.3 is 21.1 Å². The second-order valence-electron chi connectivity index (χ2n) is 5.06. The molecular weight excluding hydrogens is 222 g/mol. The van der Waals surface area contributed by atoms with E-state index in [1.165, 1.54) is 0 Å². The van der Waals surface area contributed by atoms with Gasteiger partial charge in [-0.15, -0.1) is 0 Å². The first-order valence-corrected chi connectivity index (χ1v) is 5.71. The van der Waals surface area contributed by atoms with E-state index in [1.807, 2.05) is 0 Å². The SMILES string of the molecule is CNC1COCC1C(=O)NC(C)(C)CC(N)=O. The molecule has 98 valence electrons. The number of likely N-dealkylation sites (N-methyl/N-ethyl adjacent to an activating group) is 1. The van der Waals surface area contributed by atoms with Crippen LogP contribution in [0.15, 0.2) is 0 Å². The summed E-state index contributed by atoms with van der Waals surface area (Å²) in [5.41, 5.74) is 4.51. The number of ether oxygens (including phenoxy) is 1. The average molecular weight is 243 g/mol. The predicted molar refractivity (Wildman–Crippen MR) is 63.2 cm³/mol. The Balaban J connectivity index is 2.56. The molecule has 0 bridgehead atoms. The van der Waals surface area contributed by atoms with Crippen LogP contribution in [0.5, 0.6) is 0 Å². The van der Waals surface area contributed by atoms with Crippen LogP contribution in [0, 0.1) is 5.92 Å². The molecule has 17 heavy (non-hydrogen) atoms. The summed E-state index contributed by atoms with van der Waals surface area (Å²) in [7, 11) is 1.80. The molecule has 1 rings (SSSR count). The summed E-state index contributed by atoms with van der Waals surface area (Å²) >= 11 is 0. The number of amides is 2. The lowest BCUT2D eigenvalue weighted by molar-refractivity contribution is -0.127. The Kier molecular flexibility index (Phi) is 4.47.